The number of aldehydes is 1. The van der Waals surface area contributed by atoms with Crippen LogP contribution in [0.4, 0.5) is 0 Å². The lowest BCUT2D eigenvalue weighted by Gasteiger charge is -2.09. The third kappa shape index (κ3) is 2.29. The van der Waals surface area contributed by atoms with Crippen LogP contribution < -0.4 is 0 Å². The molecule has 2 aromatic carbocycles. The van der Waals surface area contributed by atoms with Gasteiger partial charge in [0.15, 0.2) is 6.29 Å². The Kier molecular flexibility index (Phi) is 3.51. The van der Waals surface area contributed by atoms with E-state index in [4.69, 9.17) is 0 Å². The number of para-hydroxylation sites is 1. The van der Waals surface area contributed by atoms with Crippen molar-refractivity contribution in [2.45, 2.75) is 13.5 Å². The van der Waals surface area contributed by atoms with Crippen molar-refractivity contribution in [3.63, 3.8) is 0 Å². The first-order valence-electron chi connectivity index (χ1n) is 6.97. The van der Waals surface area contributed by atoms with Gasteiger partial charge >= 0.3 is 5.97 Å². The molecule has 0 spiro atoms. The third-order valence-corrected chi connectivity index (χ3v) is 3.75. The number of aromatic nitrogens is 1. The average molecular weight is 293 g/mol. The number of carboxylic acid groups (broad SMARTS) is 1. The number of nitrogens with zero attached hydrogens (tertiary/aromatic N) is 1. The van der Waals surface area contributed by atoms with Crippen molar-refractivity contribution in [1.82, 2.24) is 4.57 Å². The Bertz CT molecular complexity index is 877. The number of rotatable bonds is 4. The first kappa shape index (κ1) is 14.1. The fourth-order valence-corrected chi connectivity index (χ4v) is 2.84. The summed E-state index contributed by atoms with van der Waals surface area (Å²) in [6.07, 6.45) is 0.624. The highest BCUT2D eigenvalue weighted by atomic mass is 16.4. The summed E-state index contributed by atoms with van der Waals surface area (Å²) in [5.41, 5.74) is 3.14. The molecule has 1 N–H and O–H groups in total. The Labute approximate surface area is 127 Å². The maximum absolute atomic E-state index is 11.6. The van der Waals surface area contributed by atoms with Gasteiger partial charge in [-0.3, -0.25) is 4.79 Å². The molecule has 0 aliphatic rings. The summed E-state index contributed by atoms with van der Waals surface area (Å²) in [4.78, 5) is 23.0. The SMILES string of the molecule is Cc1cccc(Cn2c(C(=O)O)c(C=O)c3ccccc32)c1. The molecule has 0 saturated carbocycles. The van der Waals surface area contributed by atoms with Gasteiger partial charge in [-0.2, -0.15) is 0 Å². The Hall–Kier alpha value is -2.88. The Morgan fingerprint density at radius 1 is 1.18 bits per heavy atom. The highest BCUT2D eigenvalue weighted by Gasteiger charge is 2.21. The van der Waals surface area contributed by atoms with E-state index in [1.54, 1.807) is 16.7 Å². The van der Waals surface area contributed by atoms with Crippen molar-refractivity contribution in [2.24, 2.45) is 0 Å². The minimum Gasteiger partial charge on any atom is -0.477 e. The van der Waals surface area contributed by atoms with Crippen LogP contribution in [-0.4, -0.2) is 21.9 Å². The Morgan fingerprint density at radius 2 is 1.95 bits per heavy atom. The molecule has 0 unspecified atom stereocenters. The first-order valence-corrected chi connectivity index (χ1v) is 6.97. The molecular formula is C18H15NO3. The molecule has 22 heavy (non-hydrogen) atoms. The predicted molar refractivity (Wildman–Crippen MR) is 84.6 cm³/mol. The van der Waals surface area contributed by atoms with E-state index in [9.17, 15) is 14.7 Å². The summed E-state index contributed by atoms with van der Waals surface area (Å²) < 4.78 is 1.69. The second kappa shape index (κ2) is 5.48. The minimum atomic E-state index is -1.09. The second-order valence-corrected chi connectivity index (χ2v) is 5.28. The lowest BCUT2D eigenvalue weighted by Crippen LogP contribution is -2.11. The molecule has 0 radical (unpaired) electrons. The zero-order chi connectivity index (χ0) is 15.7. The van der Waals surface area contributed by atoms with Crippen LogP contribution in [0.3, 0.4) is 0 Å². The highest BCUT2D eigenvalue weighted by molar-refractivity contribution is 6.08. The van der Waals surface area contributed by atoms with Crippen LogP contribution in [-0.2, 0) is 6.54 Å². The number of aromatic carboxylic acids is 1. The number of carbonyl (C=O) groups excluding carboxylic acids is 1. The van der Waals surface area contributed by atoms with E-state index in [0.29, 0.717) is 18.2 Å². The number of carbonyl (C=O) groups is 2. The fraction of sp³-hybridized carbons (Fsp3) is 0.111. The highest BCUT2D eigenvalue weighted by Crippen LogP contribution is 2.26. The van der Waals surface area contributed by atoms with Gasteiger partial charge in [-0.1, -0.05) is 48.0 Å². The lowest BCUT2D eigenvalue weighted by molar-refractivity contribution is 0.0683. The minimum absolute atomic E-state index is 0.0395. The van der Waals surface area contributed by atoms with E-state index >= 15 is 0 Å². The summed E-state index contributed by atoms with van der Waals surface area (Å²) in [5.74, 6) is -1.09. The molecule has 1 aromatic heterocycles. The smallest absolute Gasteiger partial charge is 0.353 e. The standard InChI is InChI=1S/C18H15NO3/c1-12-5-4-6-13(9-12)10-19-16-8-3-2-7-14(16)15(11-20)17(19)18(21)22/h2-9,11H,10H2,1H3,(H,21,22). The van der Waals surface area contributed by atoms with Gasteiger partial charge < -0.3 is 9.67 Å². The number of aryl methyl sites for hydroxylation is 1. The first-order chi connectivity index (χ1) is 10.6. The Balaban J connectivity index is 2.25. The van der Waals surface area contributed by atoms with Gasteiger partial charge in [0.05, 0.1) is 5.56 Å². The summed E-state index contributed by atoms with van der Waals surface area (Å²) in [7, 11) is 0. The van der Waals surface area contributed by atoms with Crippen LogP contribution in [0, 0.1) is 6.92 Å². The molecule has 0 bridgehead atoms. The van der Waals surface area contributed by atoms with Gasteiger partial charge in [0, 0.05) is 17.4 Å². The Morgan fingerprint density at radius 3 is 2.64 bits per heavy atom. The topological polar surface area (TPSA) is 59.3 Å². The van der Waals surface area contributed by atoms with E-state index in [1.807, 2.05) is 43.3 Å². The monoisotopic (exact) mass is 293 g/mol. The summed E-state index contributed by atoms with van der Waals surface area (Å²) in [6, 6.07) is 15.2. The van der Waals surface area contributed by atoms with Gasteiger partial charge in [-0.25, -0.2) is 4.79 Å². The molecule has 0 amide bonds. The predicted octanol–water partition coefficient (Wildman–Crippen LogP) is 3.51. The van der Waals surface area contributed by atoms with Crippen molar-refractivity contribution in [3.8, 4) is 0 Å². The molecule has 3 aromatic rings. The normalized spacial score (nSPS) is 10.8. The summed E-state index contributed by atoms with van der Waals surface area (Å²) in [6.45, 7) is 2.41. The van der Waals surface area contributed by atoms with Crippen molar-refractivity contribution < 1.29 is 14.7 Å². The van der Waals surface area contributed by atoms with Gasteiger partial charge in [0.1, 0.15) is 5.69 Å². The number of carboxylic acids is 1. The average Bonchev–Trinajstić information content (AvgIpc) is 2.81. The van der Waals surface area contributed by atoms with E-state index in [1.165, 1.54) is 0 Å². The van der Waals surface area contributed by atoms with Gasteiger partial charge in [0.25, 0.3) is 0 Å². The fourth-order valence-electron chi connectivity index (χ4n) is 2.84. The van der Waals surface area contributed by atoms with Crippen molar-refractivity contribution >= 4 is 23.2 Å². The van der Waals surface area contributed by atoms with Crippen LogP contribution in [0.25, 0.3) is 10.9 Å². The summed E-state index contributed by atoms with van der Waals surface area (Å²) in [5, 5.41) is 10.2. The number of fused-ring (bicyclic) bond motifs is 1. The largest absolute Gasteiger partial charge is 0.477 e. The van der Waals surface area contributed by atoms with Crippen LogP contribution in [0.2, 0.25) is 0 Å². The molecule has 0 saturated heterocycles. The van der Waals surface area contributed by atoms with E-state index in [2.05, 4.69) is 0 Å². The van der Waals surface area contributed by atoms with E-state index in [-0.39, 0.29) is 11.3 Å². The van der Waals surface area contributed by atoms with Gasteiger partial charge in [-0.15, -0.1) is 0 Å². The number of benzene rings is 2. The molecular weight excluding hydrogens is 278 g/mol. The molecule has 4 nitrogen and oxygen atoms in total. The van der Waals surface area contributed by atoms with E-state index in [0.717, 1.165) is 16.6 Å². The quantitative estimate of drug-likeness (QED) is 0.749. The molecule has 0 atom stereocenters. The molecule has 110 valence electrons. The third-order valence-electron chi connectivity index (χ3n) is 3.75. The molecule has 0 aliphatic heterocycles. The molecule has 0 fully saturated rings. The number of hydrogen-bond donors (Lipinski definition) is 1. The van der Waals surface area contributed by atoms with Gasteiger partial charge in [-0.05, 0) is 18.6 Å². The summed E-state index contributed by atoms with van der Waals surface area (Å²) >= 11 is 0. The molecule has 3 rings (SSSR count). The van der Waals surface area contributed by atoms with E-state index < -0.39 is 5.97 Å². The zero-order valence-electron chi connectivity index (χ0n) is 12.1. The molecule has 1 heterocycles. The van der Waals surface area contributed by atoms with Gasteiger partial charge in [0.2, 0.25) is 0 Å². The van der Waals surface area contributed by atoms with Crippen molar-refractivity contribution in [2.75, 3.05) is 0 Å². The lowest BCUT2D eigenvalue weighted by atomic mass is 10.1. The van der Waals surface area contributed by atoms with Crippen molar-refractivity contribution in [1.29, 1.82) is 0 Å². The van der Waals surface area contributed by atoms with Crippen LogP contribution in [0.15, 0.2) is 48.5 Å². The van der Waals surface area contributed by atoms with Crippen LogP contribution in [0.5, 0.6) is 0 Å². The maximum atomic E-state index is 11.6. The molecule has 4 heteroatoms. The van der Waals surface area contributed by atoms with Crippen LogP contribution in [0.1, 0.15) is 32.0 Å². The van der Waals surface area contributed by atoms with Crippen LogP contribution >= 0.6 is 0 Å². The maximum Gasteiger partial charge on any atom is 0.353 e. The van der Waals surface area contributed by atoms with Crippen molar-refractivity contribution in [3.05, 3.63) is 70.9 Å². The molecule has 0 aliphatic carbocycles. The second-order valence-electron chi connectivity index (χ2n) is 5.28. The number of hydrogen-bond acceptors (Lipinski definition) is 2. The zero-order valence-corrected chi connectivity index (χ0v) is 12.1.